The zero-order valence-corrected chi connectivity index (χ0v) is 15.4. The molecule has 2 fully saturated rings. The molecule has 2 heterocycles. The molecule has 23 heavy (non-hydrogen) atoms. The Morgan fingerprint density at radius 3 is 2.48 bits per heavy atom. The molecule has 0 saturated carbocycles. The van der Waals surface area contributed by atoms with Crippen molar-refractivity contribution < 1.29 is 14.3 Å². The summed E-state index contributed by atoms with van der Waals surface area (Å²) < 4.78 is 5.25. The van der Waals surface area contributed by atoms with Crippen LogP contribution in [0.3, 0.4) is 0 Å². The second-order valence-electron chi connectivity index (χ2n) is 6.77. The van der Waals surface area contributed by atoms with Crippen molar-refractivity contribution >= 4 is 24.2 Å². The van der Waals surface area contributed by atoms with E-state index < -0.39 is 5.54 Å². The molecule has 0 aliphatic carbocycles. The molecule has 0 aromatic carbocycles. The summed E-state index contributed by atoms with van der Waals surface area (Å²) in [5.74, 6) is 0.121. The quantitative estimate of drug-likeness (QED) is 0.807. The number of carbonyl (C=O) groups excluding carboxylic acids is 2. The van der Waals surface area contributed by atoms with Crippen LogP contribution in [0.4, 0.5) is 0 Å². The van der Waals surface area contributed by atoms with Gasteiger partial charge in [-0.2, -0.15) is 0 Å². The molecule has 0 radical (unpaired) electrons. The maximum absolute atomic E-state index is 13.0. The minimum Gasteiger partial charge on any atom is -0.383 e. The Kier molecular flexibility index (Phi) is 7.29. The molecule has 2 atom stereocenters. The highest BCUT2D eigenvalue weighted by Gasteiger charge is 2.46. The van der Waals surface area contributed by atoms with E-state index in [0.29, 0.717) is 6.61 Å². The van der Waals surface area contributed by atoms with Crippen molar-refractivity contribution in [3.8, 4) is 0 Å². The number of nitrogens with one attached hydrogen (secondary N) is 1. The Bertz CT molecular complexity index is 431. The van der Waals surface area contributed by atoms with Gasteiger partial charge in [0.15, 0.2) is 0 Å². The van der Waals surface area contributed by atoms with Gasteiger partial charge in [0.1, 0.15) is 0 Å². The Morgan fingerprint density at radius 2 is 1.87 bits per heavy atom. The van der Waals surface area contributed by atoms with Crippen LogP contribution >= 0.6 is 12.4 Å². The van der Waals surface area contributed by atoms with Crippen LogP contribution in [0, 0.1) is 0 Å². The summed E-state index contributed by atoms with van der Waals surface area (Å²) in [5.41, 5.74) is -0.665. The predicted molar refractivity (Wildman–Crippen MR) is 91.7 cm³/mol. The van der Waals surface area contributed by atoms with Crippen molar-refractivity contribution in [2.75, 3.05) is 33.9 Å². The standard InChI is InChI=1S/C16H29N3O3.ClH/c1-16(2,15(21)17-3)19-10-6-8-13(19)14(20)18-9-5-7-12(18)11-22-4;/h12-13H,5-11H2,1-4H3,(H,17,21);1H/t12-,13+;/m1./s1. The average molecular weight is 348 g/mol. The molecule has 6 nitrogen and oxygen atoms in total. The Labute approximate surface area is 145 Å². The minimum absolute atomic E-state index is 0. The molecule has 2 rings (SSSR count). The highest BCUT2D eigenvalue weighted by Crippen LogP contribution is 2.30. The maximum atomic E-state index is 13.0. The van der Waals surface area contributed by atoms with Crippen LogP contribution in [0.5, 0.6) is 0 Å². The lowest BCUT2D eigenvalue weighted by atomic mass is 9.99. The molecule has 0 unspecified atom stereocenters. The van der Waals surface area contributed by atoms with E-state index in [2.05, 4.69) is 10.2 Å². The molecular formula is C16H30ClN3O3. The molecule has 0 bridgehead atoms. The number of hydrogen-bond acceptors (Lipinski definition) is 4. The number of hydrogen-bond donors (Lipinski definition) is 1. The van der Waals surface area contributed by atoms with Crippen LogP contribution in [-0.2, 0) is 14.3 Å². The van der Waals surface area contributed by atoms with E-state index in [1.54, 1.807) is 14.2 Å². The zero-order chi connectivity index (χ0) is 16.3. The number of nitrogens with zero attached hydrogens (tertiary/aromatic N) is 2. The fraction of sp³-hybridized carbons (Fsp3) is 0.875. The summed E-state index contributed by atoms with van der Waals surface area (Å²) in [4.78, 5) is 29.2. The molecule has 2 saturated heterocycles. The van der Waals surface area contributed by atoms with Gasteiger partial charge in [-0.05, 0) is 39.5 Å². The summed E-state index contributed by atoms with van der Waals surface area (Å²) in [6, 6.07) is -0.00665. The van der Waals surface area contributed by atoms with Gasteiger partial charge >= 0.3 is 0 Å². The largest absolute Gasteiger partial charge is 0.383 e. The molecule has 1 N–H and O–H groups in total. The van der Waals surface area contributed by atoms with Crippen LogP contribution in [0.15, 0.2) is 0 Å². The summed E-state index contributed by atoms with van der Waals surface area (Å²) >= 11 is 0. The van der Waals surface area contributed by atoms with Crippen molar-refractivity contribution in [2.45, 2.75) is 57.2 Å². The fourth-order valence-electron chi connectivity index (χ4n) is 3.81. The van der Waals surface area contributed by atoms with Crippen molar-refractivity contribution in [3.05, 3.63) is 0 Å². The highest BCUT2D eigenvalue weighted by molar-refractivity contribution is 5.88. The van der Waals surface area contributed by atoms with Crippen molar-refractivity contribution in [1.29, 1.82) is 0 Å². The van der Waals surface area contributed by atoms with Crippen LogP contribution in [-0.4, -0.2) is 73.1 Å². The third-order valence-corrected chi connectivity index (χ3v) is 5.06. The number of carbonyl (C=O) groups is 2. The van der Waals surface area contributed by atoms with E-state index >= 15 is 0 Å². The van der Waals surface area contributed by atoms with Crippen LogP contribution in [0.25, 0.3) is 0 Å². The van der Waals surface area contributed by atoms with Gasteiger partial charge in [-0.3, -0.25) is 14.5 Å². The van der Waals surface area contributed by atoms with Gasteiger partial charge in [-0.1, -0.05) is 0 Å². The normalized spacial score (nSPS) is 25.3. The van der Waals surface area contributed by atoms with Gasteiger partial charge in [0.25, 0.3) is 0 Å². The summed E-state index contributed by atoms with van der Waals surface area (Å²) in [7, 11) is 3.32. The molecule has 7 heteroatoms. The molecule has 0 aromatic rings. The predicted octanol–water partition coefficient (Wildman–Crippen LogP) is 1.03. The minimum atomic E-state index is -0.665. The number of likely N-dealkylation sites (tertiary alicyclic amines) is 2. The first-order chi connectivity index (χ1) is 10.4. The van der Waals surface area contributed by atoms with Crippen molar-refractivity contribution in [1.82, 2.24) is 15.1 Å². The molecule has 2 aliphatic heterocycles. The molecule has 2 aliphatic rings. The molecule has 134 valence electrons. The summed E-state index contributed by atoms with van der Waals surface area (Å²) in [5, 5.41) is 2.71. The van der Waals surface area contributed by atoms with Gasteiger partial charge in [-0.15, -0.1) is 12.4 Å². The number of halogens is 1. The molecule has 2 amide bonds. The topological polar surface area (TPSA) is 61.9 Å². The Morgan fingerprint density at radius 1 is 1.22 bits per heavy atom. The van der Waals surface area contributed by atoms with E-state index in [9.17, 15) is 9.59 Å². The van der Waals surface area contributed by atoms with Crippen LogP contribution in [0.2, 0.25) is 0 Å². The average Bonchev–Trinajstić information content (AvgIpc) is 3.15. The van der Waals surface area contributed by atoms with Gasteiger partial charge < -0.3 is 15.0 Å². The summed E-state index contributed by atoms with van der Waals surface area (Å²) in [6.07, 6.45) is 3.82. The third kappa shape index (κ3) is 3.98. The SMILES string of the molecule is CNC(=O)C(C)(C)N1CCC[C@H]1C(=O)N1CCC[C@@H]1COC.Cl. The molecule has 0 aromatic heterocycles. The number of rotatable bonds is 5. The van der Waals surface area contributed by atoms with Gasteiger partial charge in [-0.25, -0.2) is 0 Å². The number of likely N-dealkylation sites (N-methyl/N-ethyl adjacent to an activating group) is 1. The number of ether oxygens (including phenoxy) is 1. The smallest absolute Gasteiger partial charge is 0.240 e. The fourth-order valence-corrected chi connectivity index (χ4v) is 3.81. The second-order valence-corrected chi connectivity index (χ2v) is 6.77. The van der Waals surface area contributed by atoms with Crippen LogP contribution in [0.1, 0.15) is 39.5 Å². The Balaban J connectivity index is 0.00000264. The van der Waals surface area contributed by atoms with E-state index in [4.69, 9.17) is 4.74 Å². The first-order valence-electron chi connectivity index (χ1n) is 8.21. The van der Waals surface area contributed by atoms with E-state index in [0.717, 1.165) is 38.8 Å². The van der Waals surface area contributed by atoms with Crippen LogP contribution < -0.4 is 5.32 Å². The van der Waals surface area contributed by atoms with Gasteiger partial charge in [0, 0.05) is 27.2 Å². The highest BCUT2D eigenvalue weighted by atomic mass is 35.5. The van der Waals surface area contributed by atoms with E-state index in [-0.39, 0.29) is 36.3 Å². The number of amides is 2. The van der Waals surface area contributed by atoms with Gasteiger partial charge in [0.05, 0.1) is 24.2 Å². The lowest BCUT2D eigenvalue weighted by Crippen LogP contribution is -2.59. The van der Waals surface area contributed by atoms with E-state index in [1.165, 1.54) is 0 Å². The monoisotopic (exact) mass is 347 g/mol. The Hall–Kier alpha value is -0.850. The van der Waals surface area contributed by atoms with Crippen molar-refractivity contribution in [3.63, 3.8) is 0 Å². The van der Waals surface area contributed by atoms with Crippen molar-refractivity contribution in [2.24, 2.45) is 0 Å². The maximum Gasteiger partial charge on any atom is 0.240 e. The first-order valence-corrected chi connectivity index (χ1v) is 8.21. The molecule has 0 spiro atoms. The lowest BCUT2D eigenvalue weighted by molar-refractivity contribution is -0.143. The van der Waals surface area contributed by atoms with Gasteiger partial charge in [0.2, 0.25) is 11.8 Å². The first kappa shape index (κ1) is 20.2. The van der Waals surface area contributed by atoms with E-state index in [1.807, 2.05) is 18.7 Å². The summed E-state index contributed by atoms with van der Waals surface area (Å²) in [6.45, 7) is 5.98. The number of methoxy groups -OCH3 is 1. The third-order valence-electron chi connectivity index (χ3n) is 5.06. The zero-order valence-electron chi connectivity index (χ0n) is 14.6. The molecular weight excluding hydrogens is 318 g/mol. The lowest BCUT2D eigenvalue weighted by Gasteiger charge is -2.39. The second kappa shape index (κ2) is 8.31.